The molecule has 4 heteroatoms. The third kappa shape index (κ3) is 2.07. The minimum Gasteiger partial charge on any atom is -0.508 e. The van der Waals surface area contributed by atoms with Gasteiger partial charge in [-0.3, -0.25) is 14.9 Å². The van der Waals surface area contributed by atoms with Crippen molar-refractivity contribution >= 4 is 23.5 Å². The van der Waals surface area contributed by atoms with Crippen molar-refractivity contribution in [2.24, 2.45) is 0 Å². The lowest BCUT2D eigenvalue weighted by molar-refractivity contribution is -0.114. The van der Waals surface area contributed by atoms with E-state index in [-0.39, 0.29) is 11.7 Å². The summed E-state index contributed by atoms with van der Waals surface area (Å²) in [6.45, 7) is 0. The fourth-order valence-electron chi connectivity index (χ4n) is 2.16. The SMILES string of the molecule is O=C1NC(=O)c2ccccc2/C1=C\c1ccc(O)cc1. The van der Waals surface area contributed by atoms with Gasteiger partial charge in [0, 0.05) is 11.1 Å². The summed E-state index contributed by atoms with van der Waals surface area (Å²) in [6.07, 6.45) is 1.69. The summed E-state index contributed by atoms with van der Waals surface area (Å²) in [5, 5.41) is 11.6. The number of imide groups is 1. The normalized spacial score (nSPS) is 15.9. The third-order valence-electron chi connectivity index (χ3n) is 3.14. The largest absolute Gasteiger partial charge is 0.508 e. The summed E-state index contributed by atoms with van der Waals surface area (Å²) < 4.78 is 0. The predicted octanol–water partition coefficient (Wildman–Crippen LogP) is 2.20. The van der Waals surface area contributed by atoms with Gasteiger partial charge in [0.1, 0.15) is 5.75 Å². The van der Waals surface area contributed by atoms with E-state index in [9.17, 15) is 14.7 Å². The summed E-state index contributed by atoms with van der Waals surface area (Å²) in [7, 11) is 0. The van der Waals surface area contributed by atoms with E-state index in [0.717, 1.165) is 5.56 Å². The van der Waals surface area contributed by atoms with Gasteiger partial charge in [0.25, 0.3) is 11.8 Å². The molecule has 0 fully saturated rings. The van der Waals surface area contributed by atoms with E-state index in [4.69, 9.17) is 0 Å². The second kappa shape index (κ2) is 4.66. The quantitative estimate of drug-likeness (QED) is 0.613. The average molecular weight is 265 g/mol. The number of hydrogen-bond donors (Lipinski definition) is 2. The minimum absolute atomic E-state index is 0.163. The van der Waals surface area contributed by atoms with Crippen LogP contribution >= 0.6 is 0 Å². The van der Waals surface area contributed by atoms with Gasteiger partial charge < -0.3 is 5.11 Å². The molecule has 1 aliphatic rings. The highest BCUT2D eigenvalue weighted by atomic mass is 16.3. The van der Waals surface area contributed by atoms with Crippen molar-refractivity contribution in [1.82, 2.24) is 5.32 Å². The number of phenolic OH excluding ortho intramolecular Hbond substituents is 1. The predicted molar refractivity (Wildman–Crippen MR) is 74.9 cm³/mol. The van der Waals surface area contributed by atoms with Gasteiger partial charge in [-0.2, -0.15) is 0 Å². The van der Waals surface area contributed by atoms with Crippen LogP contribution in [0.1, 0.15) is 21.5 Å². The molecule has 2 N–H and O–H groups in total. The molecule has 0 unspecified atom stereocenters. The monoisotopic (exact) mass is 265 g/mol. The number of carbonyl (C=O) groups is 2. The summed E-state index contributed by atoms with van der Waals surface area (Å²) in [4.78, 5) is 23.7. The summed E-state index contributed by atoms with van der Waals surface area (Å²) in [6, 6.07) is 13.5. The average Bonchev–Trinajstić information content (AvgIpc) is 2.45. The molecule has 0 bridgehead atoms. The van der Waals surface area contributed by atoms with Gasteiger partial charge in [0.05, 0.1) is 0 Å². The Morgan fingerprint density at radius 3 is 2.20 bits per heavy atom. The summed E-state index contributed by atoms with van der Waals surface area (Å²) in [5.41, 5.74) is 2.31. The number of amides is 2. The van der Waals surface area contributed by atoms with E-state index >= 15 is 0 Å². The zero-order valence-electron chi connectivity index (χ0n) is 10.5. The van der Waals surface area contributed by atoms with Gasteiger partial charge >= 0.3 is 0 Å². The van der Waals surface area contributed by atoms with Crippen molar-refractivity contribution in [3.05, 3.63) is 65.2 Å². The summed E-state index contributed by atoms with van der Waals surface area (Å²) in [5.74, 6) is -0.633. The lowest BCUT2D eigenvalue weighted by Gasteiger charge is -2.17. The lowest BCUT2D eigenvalue weighted by atomic mass is 9.93. The van der Waals surface area contributed by atoms with Crippen molar-refractivity contribution in [3.63, 3.8) is 0 Å². The van der Waals surface area contributed by atoms with Gasteiger partial charge in [-0.25, -0.2) is 0 Å². The van der Waals surface area contributed by atoms with Crippen LogP contribution in [-0.4, -0.2) is 16.9 Å². The zero-order valence-corrected chi connectivity index (χ0v) is 10.5. The Hall–Kier alpha value is -2.88. The number of aromatic hydroxyl groups is 1. The van der Waals surface area contributed by atoms with Crippen LogP contribution in [0.25, 0.3) is 11.6 Å². The molecule has 0 saturated heterocycles. The summed E-state index contributed by atoms with van der Waals surface area (Å²) >= 11 is 0. The van der Waals surface area contributed by atoms with Crippen molar-refractivity contribution in [2.45, 2.75) is 0 Å². The maximum atomic E-state index is 12.0. The first-order valence-corrected chi connectivity index (χ1v) is 6.11. The van der Waals surface area contributed by atoms with E-state index < -0.39 is 5.91 Å². The number of carbonyl (C=O) groups excluding carboxylic acids is 2. The van der Waals surface area contributed by atoms with Crippen LogP contribution in [0.15, 0.2) is 48.5 Å². The second-order valence-corrected chi connectivity index (χ2v) is 4.48. The van der Waals surface area contributed by atoms with E-state index in [1.54, 1.807) is 54.6 Å². The fourth-order valence-corrected chi connectivity index (χ4v) is 2.16. The van der Waals surface area contributed by atoms with Gasteiger partial charge in [0.2, 0.25) is 0 Å². The molecule has 0 radical (unpaired) electrons. The molecular weight excluding hydrogens is 254 g/mol. The second-order valence-electron chi connectivity index (χ2n) is 4.48. The van der Waals surface area contributed by atoms with E-state index in [2.05, 4.69) is 5.32 Å². The van der Waals surface area contributed by atoms with Gasteiger partial charge in [0.15, 0.2) is 0 Å². The van der Waals surface area contributed by atoms with E-state index in [1.807, 2.05) is 0 Å². The van der Waals surface area contributed by atoms with Crippen LogP contribution in [0, 0.1) is 0 Å². The molecule has 2 amide bonds. The van der Waals surface area contributed by atoms with Gasteiger partial charge in [-0.1, -0.05) is 30.3 Å². The highest BCUT2D eigenvalue weighted by molar-refractivity contribution is 6.33. The molecule has 1 aliphatic heterocycles. The molecule has 0 aliphatic carbocycles. The zero-order chi connectivity index (χ0) is 14.1. The molecule has 0 spiro atoms. The van der Waals surface area contributed by atoms with Gasteiger partial charge in [-0.05, 0) is 35.4 Å². The first-order chi connectivity index (χ1) is 9.65. The Morgan fingerprint density at radius 2 is 1.50 bits per heavy atom. The smallest absolute Gasteiger partial charge is 0.258 e. The van der Waals surface area contributed by atoms with Crippen molar-refractivity contribution in [2.75, 3.05) is 0 Å². The molecule has 1 heterocycles. The Balaban J connectivity index is 2.13. The number of nitrogens with one attached hydrogen (secondary N) is 1. The topological polar surface area (TPSA) is 66.4 Å². The van der Waals surface area contributed by atoms with Crippen molar-refractivity contribution in [1.29, 1.82) is 0 Å². The number of hydrogen-bond acceptors (Lipinski definition) is 3. The highest BCUT2D eigenvalue weighted by Gasteiger charge is 2.26. The molecule has 0 atom stereocenters. The number of benzene rings is 2. The molecule has 3 rings (SSSR count). The number of phenols is 1. The Labute approximate surface area is 115 Å². The van der Waals surface area contributed by atoms with Crippen LogP contribution < -0.4 is 5.32 Å². The molecule has 0 saturated carbocycles. The van der Waals surface area contributed by atoms with Crippen LogP contribution in [-0.2, 0) is 4.79 Å². The van der Waals surface area contributed by atoms with Crippen LogP contribution in [0.5, 0.6) is 5.75 Å². The molecule has 2 aromatic carbocycles. The molecule has 20 heavy (non-hydrogen) atoms. The minimum atomic E-state index is -0.415. The van der Waals surface area contributed by atoms with Crippen LogP contribution in [0.2, 0.25) is 0 Å². The Kier molecular flexibility index (Phi) is 2.84. The third-order valence-corrected chi connectivity index (χ3v) is 3.14. The maximum absolute atomic E-state index is 12.0. The lowest BCUT2D eigenvalue weighted by Crippen LogP contribution is -2.36. The first kappa shape index (κ1) is 12.2. The molecular formula is C16H11NO3. The fraction of sp³-hybridized carbons (Fsp3) is 0. The first-order valence-electron chi connectivity index (χ1n) is 6.11. The van der Waals surface area contributed by atoms with Crippen LogP contribution in [0.4, 0.5) is 0 Å². The Morgan fingerprint density at radius 1 is 0.850 bits per heavy atom. The molecule has 4 nitrogen and oxygen atoms in total. The van der Waals surface area contributed by atoms with Crippen LogP contribution in [0.3, 0.4) is 0 Å². The van der Waals surface area contributed by atoms with Gasteiger partial charge in [-0.15, -0.1) is 0 Å². The molecule has 0 aromatic heterocycles. The highest BCUT2D eigenvalue weighted by Crippen LogP contribution is 2.26. The molecule has 98 valence electrons. The number of fused-ring (bicyclic) bond motifs is 1. The van der Waals surface area contributed by atoms with E-state index in [0.29, 0.717) is 16.7 Å². The standard InChI is InChI=1S/C16H11NO3/c18-11-7-5-10(6-8-11)9-14-12-3-1-2-4-13(12)15(19)17-16(14)20/h1-9,18H,(H,17,19,20)/b14-9+. The molecule has 2 aromatic rings. The van der Waals surface area contributed by atoms with Crippen molar-refractivity contribution < 1.29 is 14.7 Å². The Bertz CT molecular complexity index is 730. The number of rotatable bonds is 1. The maximum Gasteiger partial charge on any atom is 0.258 e. The van der Waals surface area contributed by atoms with Crippen molar-refractivity contribution in [3.8, 4) is 5.75 Å². The van der Waals surface area contributed by atoms with E-state index in [1.165, 1.54) is 0 Å².